The second kappa shape index (κ2) is 3.90. The molecule has 0 N–H and O–H groups in total. The van der Waals surface area contributed by atoms with E-state index in [-0.39, 0.29) is 16.9 Å². The molecular formula is C9H6ClN3O3. The minimum Gasteiger partial charge on any atom is -0.333 e. The highest BCUT2D eigenvalue weighted by atomic mass is 35.5. The summed E-state index contributed by atoms with van der Waals surface area (Å²) >= 11 is 5.50. The summed E-state index contributed by atoms with van der Waals surface area (Å²) in [5.74, 6) is 0.164. The summed E-state index contributed by atoms with van der Waals surface area (Å²) in [5.41, 5.74) is 1.19. The smallest absolute Gasteiger partial charge is 0.270 e. The molecule has 0 radical (unpaired) electrons. The number of nitro groups is 1. The van der Waals surface area contributed by atoms with Gasteiger partial charge in [-0.3, -0.25) is 10.1 Å². The molecule has 0 spiro atoms. The third kappa shape index (κ3) is 2.01. The molecule has 6 nitrogen and oxygen atoms in total. The van der Waals surface area contributed by atoms with E-state index in [1.165, 1.54) is 12.1 Å². The maximum absolute atomic E-state index is 10.7. The summed E-state index contributed by atoms with van der Waals surface area (Å²) in [4.78, 5) is 14.0. The minimum atomic E-state index is -0.478. The average Bonchev–Trinajstić information content (AvgIpc) is 2.64. The van der Waals surface area contributed by atoms with E-state index in [1.807, 2.05) is 0 Å². The fourth-order valence-electron chi connectivity index (χ4n) is 1.31. The van der Waals surface area contributed by atoms with E-state index in [1.54, 1.807) is 13.0 Å². The van der Waals surface area contributed by atoms with Crippen LogP contribution in [0.1, 0.15) is 5.56 Å². The molecule has 0 unspecified atom stereocenters. The minimum absolute atomic E-state index is 0.0238. The molecule has 0 saturated carbocycles. The van der Waals surface area contributed by atoms with Crippen molar-refractivity contribution >= 4 is 17.3 Å². The highest BCUT2D eigenvalue weighted by Gasteiger charge is 2.13. The maximum atomic E-state index is 10.7. The Bertz CT molecular complexity index is 553. The van der Waals surface area contributed by atoms with E-state index in [0.29, 0.717) is 5.56 Å². The molecule has 16 heavy (non-hydrogen) atoms. The van der Waals surface area contributed by atoms with Crippen molar-refractivity contribution in [2.75, 3.05) is 0 Å². The van der Waals surface area contributed by atoms with Crippen LogP contribution in [0, 0.1) is 17.0 Å². The number of rotatable bonds is 2. The third-order valence-corrected chi connectivity index (χ3v) is 2.07. The van der Waals surface area contributed by atoms with Gasteiger partial charge in [0.15, 0.2) is 0 Å². The number of hydrogen-bond acceptors (Lipinski definition) is 5. The van der Waals surface area contributed by atoms with Crippen molar-refractivity contribution in [3.8, 4) is 11.5 Å². The van der Waals surface area contributed by atoms with Crippen LogP contribution >= 0.6 is 11.6 Å². The van der Waals surface area contributed by atoms with Crippen molar-refractivity contribution in [2.24, 2.45) is 0 Å². The Morgan fingerprint density at radius 1 is 1.44 bits per heavy atom. The molecule has 2 aromatic rings. The summed E-state index contributed by atoms with van der Waals surface area (Å²) in [6, 6.07) is 4.52. The van der Waals surface area contributed by atoms with Gasteiger partial charge in [-0.2, -0.15) is 4.98 Å². The van der Waals surface area contributed by atoms with Crippen LogP contribution in [-0.4, -0.2) is 15.1 Å². The number of benzene rings is 1. The molecule has 0 aliphatic carbocycles. The molecule has 0 aliphatic heterocycles. The van der Waals surface area contributed by atoms with Crippen LogP contribution in [0.4, 0.5) is 5.69 Å². The van der Waals surface area contributed by atoms with Gasteiger partial charge in [-0.25, -0.2) is 0 Å². The van der Waals surface area contributed by atoms with Gasteiger partial charge in [0.2, 0.25) is 0 Å². The van der Waals surface area contributed by atoms with E-state index in [4.69, 9.17) is 16.1 Å². The van der Waals surface area contributed by atoms with Crippen LogP contribution < -0.4 is 0 Å². The number of hydrogen-bond donors (Lipinski definition) is 0. The first-order valence-corrected chi connectivity index (χ1v) is 4.70. The summed E-state index contributed by atoms with van der Waals surface area (Å²) < 4.78 is 4.82. The van der Waals surface area contributed by atoms with Gasteiger partial charge in [0.05, 0.1) is 4.92 Å². The lowest BCUT2D eigenvalue weighted by atomic mass is 10.1. The van der Waals surface area contributed by atoms with Gasteiger partial charge in [0.25, 0.3) is 16.9 Å². The number of non-ortho nitro benzene ring substituents is 1. The average molecular weight is 240 g/mol. The number of nitro benzene ring substituents is 1. The Morgan fingerprint density at radius 2 is 2.19 bits per heavy atom. The van der Waals surface area contributed by atoms with E-state index < -0.39 is 4.92 Å². The molecule has 0 aliphatic rings. The first-order chi connectivity index (χ1) is 7.56. The Kier molecular flexibility index (Phi) is 2.57. The van der Waals surface area contributed by atoms with Crippen molar-refractivity contribution in [3.05, 3.63) is 39.2 Å². The quantitative estimate of drug-likeness (QED) is 0.594. The zero-order chi connectivity index (χ0) is 11.7. The molecule has 1 aromatic carbocycles. The van der Waals surface area contributed by atoms with Crippen LogP contribution in [0.5, 0.6) is 0 Å². The molecule has 0 amide bonds. The van der Waals surface area contributed by atoms with Crippen LogP contribution in [-0.2, 0) is 0 Å². The zero-order valence-corrected chi connectivity index (χ0v) is 8.93. The lowest BCUT2D eigenvalue weighted by molar-refractivity contribution is -0.384. The normalized spacial score (nSPS) is 10.4. The second-order valence-electron chi connectivity index (χ2n) is 3.18. The lowest BCUT2D eigenvalue weighted by Crippen LogP contribution is -1.90. The van der Waals surface area contributed by atoms with Crippen molar-refractivity contribution in [1.29, 1.82) is 0 Å². The van der Waals surface area contributed by atoms with Crippen LogP contribution in [0.15, 0.2) is 22.7 Å². The zero-order valence-electron chi connectivity index (χ0n) is 8.18. The van der Waals surface area contributed by atoms with E-state index in [2.05, 4.69) is 10.1 Å². The first-order valence-electron chi connectivity index (χ1n) is 4.32. The van der Waals surface area contributed by atoms with Gasteiger partial charge in [0.1, 0.15) is 0 Å². The number of aryl methyl sites for hydroxylation is 1. The number of aromatic nitrogens is 2. The van der Waals surface area contributed by atoms with E-state index >= 15 is 0 Å². The van der Waals surface area contributed by atoms with Crippen molar-refractivity contribution < 1.29 is 9.45 Å². The molecule has 0 fully saturated rings. The van der Waals surface area contributed by atoms with Crippen molar-refractivity contribution in [3.63, 3.8) is 0 Å². The van der Waals surface area contributed by atoms with Crippen LogP contribution in [0.3, 0.4) is 0 Å². The van der Waals surface area contributed by atoms with Crippen molar-refractivity contribution in [2.45, 2.75) is 6.92 Å². The first kappa shape index (κ1) is 10.6. The largest absolute Gasteiger partial charge is 0.333 e. The Morgan fingerprint density at radius 3 is 2.75 bits per heavy atom. The molecule has 7 heteroatoms. The SMILES string of the molecule is Cc1cc(-c2nc(Cl)no2)cc([N+](=O)[O-])c1. The molecular weight excluding hydrogens is 234 g/mol. The number of nitrogens with zero attached hydrogens (tertiary/aromatic N) is 3. The van der Waals surface area contributed by atoms with Gasteiger partial charge in [0, 0.05) is 17.7 Å². The predicted octanol–water partition coefficient (Wildman–Crippen LogP) is 2.61. The van der Waals surface area contributed by atoms with Gasteiger partial charge in [-0.1, -0.05) is 0 Å². The highest BCUT2D eigenvalue weighted by molar-refractivity contribution is 6.28. The molecule has 0 bridgehead atoms. The lowest BCUT2D eigenvalue weighted by Gasteiger charge is -1.97. The van der Waals surface area contributed by atoms with Gasteiger partial charge in [-0.05, 0) is 35.3 Å². The van der Waals surface area contributed by atoms with Crippen molar-refractivity contribution in [1.82, 2.24) is 10.1 Å². The monoisotopic (exact) mass is 239 g/mol. The maximum Gasteiger partial charge on any atom is 0.270 e. The summed E-state index contributed by atoms with van der Waals surface area (Å²) in [6.07, 6.45) is 0. The summed E-state index contributed by atoms with van der Waals surface area (Å²) in [5, 5.41) is 14.0. The van der Waals surface area contributed by atoms with Crippen LogP contribution in [0.2, 0.25) is 5.28 Å². The summed E-state index contributed by atoms with van der Waals surface area (Å²) in [7, 11) is 0. The van der Waals surface area contributed by atoms with E-state index in [0.717, 1.165) is 5.56 Å². The molecule has 0 saturated heterocycles. The predicted molar refractivity (Wildman–Crippen MR) is 56.1 cm³/mol. The van der Waals surface area contributed by atoms with Gasteiger partial charge < -0.3 is 4.52 Å². The second-order valence-corrected chi connectivity index (χ2v) is 3.52. The molecule has 1 aromatic heterocycles. The van der Waals surface area contributed by atoms with Gasteiger partial charge >= 0.3 is 0 Å². The molecule has 82 valence electrons. The van der Waals surface area contributed by atoms with Crippen LogP contribution in [0.25, 0.3) is 11.5 Å². The highest BCUT2D eigenvalue weighted by Crippen LogP contribution is 2.25. The molecule has 2 rings (SSSR count). The number of halogens is 1. The topological polar surface area (TPSA) is 82.1 Å². The molecule has 0 atom stereocenters. The fraction of sp³-hybridized carbons (Fsp3) is 0.111. The fourth-order valence-corrected chi connectivity index (χ4v) is 1.43. The Labute approximate surface area is 95.0 Å². The molecule has 1 heterocycles. The van der Waals surface area contributed by atoms with E-state index in [9.17, 15) is 10.1 Å². The third-order valence-electron chi connectivity index (χ3n) is 1.92. The van der Waals surface area contributed by atoms with Gasteiger partial charge in [-0.15, -0.1) is 0 Å². The summed E-state index contributed by atoms with van der Waals surface area (Å²) in [6.45, 7) is 1.74. The Balaban J connectivity index is 2.53. The Hall–Kier alpha value is -1.95. The standard InChI is InChI=1S/C9H6ClN3O3/c1-5-2-6(4-7(3-5)13(14)15)8-11-9(10)12-16-8/h2-4H,1H3.